The van der Waals surface area contributed by atoms with E-state index in [1.54, 1.807) is 0 Å². The fraction of sp³-hybridized carbons (Fsp3) is 0.769. The van der Waals surface area contributed by atoms with Gasteiger partial charge in [-0.15, -0.1) is 0 Å². The molecule has 0 saturated heterocycles. The Kier molecular flexibility index (Phi) is 5.00. The van der Waals surface area contributed by atoms with Crippen LogP contribution in [0.25, 0.3) is 0 Å². The summed E-state index contributed by atoms with van der Waals surface area (Å²) >= 11 is 0. The van der Waals surface area contributed by atoms with E-state index in [2.05, 4.69) is 48.9 Å². The average molecular weight is 223 g/mol. The zero-order valence-electron chi connectivity index (χ0n) is 11.1. The van der Waals surface area contributed by atoms with Gasteiger partial charge in [0.1, 0.15) is 0 Å². The van der Waals surface area contributed by atoms with Gasteiger partial charge in [-0.25, -0.2) is 0 Å². The Morgan fingerprint density at radius 3 is 2.31 bits per heavy atom. The van der Waals surface area contributed by atoms with Gasteiger partial charge in [-0.1, -0.05) is 20.8 Å². The first-order valence-electron chi connectivity index (χ1n) is 6.47. The Morgan fingerprint density at radius 1 is 1.19 bits per heavy atom. The number of rotatable bonds is 7. The Bertz CT molecular complexity index is 292. The second kappa shape index (κ2) is 6.04. The molecule has 1 rings (SSSR count). The van der Waals surface area contributed by atoms with Crippen molar-refractivity contribution in [2.24, 2.45) is 0 Å². The van der Waals surface area contributed by atoms with E-state index in [0.29, 0.717) is 5.54 Å². The van der Waals surface area contributed by atoms with Gasteiger partial charge in [-0.3, -0.25) is 4.68 Å². The summed E-state index contributed by atoms with van der Waals surface area (Å²) in [7, 11) is 0. The summed E-state index contributed by atoms with van der Waals surface area (Å²) in [5.74, 6) is 0. The lowest BCUT2D eigenvalue weighted by Gasteiger charge is -2.32. The maximum absolute atomic E-state index is 4.29. The Labute approximate surface area is 99.2 Å². The Hall–Kier alpha value is -0.830. The predicted octanol–water partition coefficient (Wildman–Crippen LogP) is 2.96. The molecule has 3 heteroatoms. The van der Waals surface area contributed by atoms with Crippen LogP contribution in [0.1, 0.15) is 52.7 Å². The van der Waals surface area contributed by atoms with E-state index in [0.717, 1.165) is 13.1 Å². The van der Waals surface area contributed by atoms with Gasteiger partial charge in [0.25, 0.3) is 0 Å². The van der Waals surface area contributed by atoms with Gasteiger partial charge in [0.2, 0.25) is 0 Å². The zero-order valence-corrected chi connectivity index (χ0v) is 11.1. The fourth-order valence-corrected chi connectivity index (χ4v) is 2.20. The number of aromatic nitrogens is 2. The molecule has 0 aromatic carbocycles. The summed E-state index contributed by atoms with van der Waals surface area (Å²) in [5, 5.41) is 7.99. The average Bonchev–Trinajstić information content (AvgIpc) is 2.79. The van der Waals surface area contributed by atoms with Gasteiger partial charge in [0.15, 0.2) is 0 Å². The molecule has 0 aliphatic rings. The minimum Gasteiger partial charge on any atom is -0.306 e. The van der Waals surface area contributed by atoms with Crippen molar-refractivity contribution in [3.8, 4) is 0 Å². The summed E-state index contributed by atoms with van der Waals surface area (Å²) in [6, 6.07) is 2.10. The summed E-state index contributed by atoms with van der Waals surface area (Å²) in [6.45, 7) is 10.8. The topological polar surface area (TPSA) is 29.9 Å². The van der Waals surface area contributed by atoms with Gasteiger partial charge in [0.05, 0.1) is 5.69 Å². The highest BCUT2D eigenvalue weighted by molar-refractivity contribution is 5.01. The van der Waals surface area contributed by atoms with Crippen LogP contribution in [0.2, 0.25) is 0 Å². The molecule has 1 N–H and O–H groups in total. The molecule has 0 bridgehead atoms. The van der Waals surface area contributed by atoms with Crippen molar-refractivity contribution in [2.45, 2.75) is 65.6 Å². The first kappa shape index (κ1) is 13.2. The molecule has 0 radical (unpaired) electrons. The predicted molar refractivity (Wildman–Crippen MR) is 68.3 cm³/mol. The first-order valence-corrected chi connectivity index (χ1v) is 6.47. The maximum Gasteiger partial charge on any atom is 0.0522 e. The molecule has 0 aliphatic carbocycles. The van der Waals surface area contributed by atoms with Crippen molar-refractivity contribution in [1.82, 2.24) is 15.1 Å². The van der Waals surface area contributed by atoms with Crippen molar-refractivity contribution in [2.75, 3.05) is 0 Å². The highest BCUT2D eigenvalue weighted by Gasteiger charge is 2.22. The van der Waals surface area contributed by atoms with Crippen LogP contribution in [-0.2, 0) is 13.1 Å². The molecule has 3 nitrogen and oxygen atoms in total. The second-order valence-electron chi connectivity index (χ2n) is 4.33. The van der Waals surface area contributed by atoms with E-state index in [1.807, 2.05) is 6.20 Å². The molecule has 1 aromatic heterocycles. The van der Waals surface area contributed by atoms with Crippen molar-refractivity contribution in [3.05, 3.63) is 18.0 Å². The zero-order chi connectivity index (χ0) is 12.0. The highest BCUT2D eigenvalue weighted by atomic mass is 15.3. The minimum absolute atomic E-state index is 0.294. The molecule has 92 valence electrons. The number of aryl methyl sites for hydroxylation is 1. The fourth-order valence-electron chi connectivity index (χ4n) is 2.20. The van der Waals surface area contributed by atoms with Crippen molar-refractivity contribution in [1.29, 1.82) is 0 Å². The van der Waals surface area contributed by atoms with E-state index >= 15 is 0 Å². The summed E-state index contributed by atoms with van der Waals surface area (Å²) < 4.78 is 2.05. The molecule has 0 aliphatic heterocycles. The summed E-state index contributed by atoms with van der Waals surface area (Å²) in [4.78, 5) is 0. The monoisotopic (exact) mass is 223 g/mol. The first-order chi connectivity index (χ1) is 7.71. The standard InChI is InChI=1S/C13H25N3/c1-5-13(6-2,7-3)14-11-12-9-10-15-16(12)8-4/h9-10,14H,5-8,11H2,1-4H3. The van der Waals surface area contributed by atoms with Gasteiger partial charge in [0, 0.05) is 24.8 Å². The molecule has 1 aromatic rings. The number of nitrogens with zero attached hydrogens (tertiary/aromatic N) is 2. The molecule has 0 fully saturated rings. The van der Waals surface area contributed by atoms with E-state index in [4.69, 9.17) is 0 Å². The van der Waals surface area contributed by atoms with Crippen molar-refractivity contribution < 1.29 is 0 Å². The largest absolute Gasteiger partial charge is 0.306 e. The van der Waals surface area contributed by atoms with E-state index in [9.17, 15) is 0 Å². The summed E-state index contributed by atoms with van der Waals surface area (Å²) in [6.07, 6.45) is 5.42. The number of hydrogen-bond donors (Lipinski definition) is 1. The van der Waals surface area contributed by atoms with Gasteiger partial charge in [-0.05, 0) is 32.3 Å². The van der Waals surface area contributed by atoms with Crippen LogP contribution >= 0.6 is 0 Å². The van der Waals surface area contributed by atoms with Crippen LogP contribution in [0, 0.1) is 0 Å². The summed E-state index contributed by atoms with van der Waals surface area (Å²) in [5.41, 5.74) is 1.57. The van der Waals surface area contributed by atoms with Crippen LogP contribution in [-0.4, -0.2) is 15.3 Å². The van der Waals surface area contributed by atoms with Crippen LogP contribution in [0.5, 0.6) is 0 Å². The van der Waals surface area contributed by atoms with Crippen molar-refractivity contribution >= 4 is 0 Å². The lowest BCUT2D eigenvalue weighted by atomic mass is 9.90. The molecular formula is C13H25N3. The van der Waals surface area contributed by atoms with Gasteiger partial charge >= 0.3 is 0 Å². The van der Waals surface area contributed by atoms with Gasteiger partial charge in [-0.2, -0.15) is 5.10 Å². The Morgan fingerprint density at radius 2 is 1.81 bits per heavy atom. The van der Waals surface area contributed by atoms with Crippen LogP contribution in [0.15, 0.2) is 12.3 Å². The third kappa shape index (κ3) is 2.85. The van der Waals surface area contributed by atoms with Crippen LogP contribution in [0.4, 0.5) is 0 Å². The minimum atomic E-state index is 0.294. The third-order valence-electron chi connectivity index (χ3n) is 3.78. The quantitative estimate of drug-likeness (QED) is 0.770. The lowest BCUT2D eigenvalue weighted by molar-refractivity contribution is 0.284. The van der Waals surface area contributed by atoms with E-state index in [1.165, 1.54) is 25.0 Å². The van der Waals surface area contributed by atoms with E-state index in [-0.39, 0.29) is 0 Å². The highest BCUT2D eigenvalue weighted by Crippen LogP contribution is 2.19. The molecule has 0 spiro atoms. The molecule has 0 unspecified atom stereocenters. The normalized spacial score (nSPS) is 12.0. The molecule has 16 heavy (non-hydrogen) atoms. The van der Waals surface area contributed by atoms with Crippen LogP contribution in [0.3, 0.4) is 0 Å². The van der Waals surface area contributed by atoms with Crippen LogP contribution < -0.4 is 5.32 Å². The SMILES string of the molecule is CCn1nccc1CNC(CC)(CC)CC. The number of hydrogen-bond acceptors (Lipinski definition) is 2. The number of nitrogens with one attached hydrogen (secondary N) is 1. The molecule has 1 heterocycles. The Balaban J connectivity index is 2.62. The molecular weight excluding hydrogens is 198 g/mol. The maximum atomic E-state index is 4.29. The second-order valence-corrected chi connectivity index (χ2v) is 4.33. The van der Waals surface area contributed by atoms with Gasteiger partial charge < -0.3 is 5.32 Å². The van der Waals surface area contributed by atoms with Crippen molar-refractivity contribution in [3.63, 3.8) is 0 Å². The molecule has 0 atom stereocenters. The smallest absolute Gasteiger partial charge is 0.0522 e. The molecule has 0 saturated carbocycles. The lowest BCUT2D eigenvalue weighted by Crippen LogP contribution is -2.43. The van der Waals surface area contributed by atoms with E-state index < -0.39 is 0 Å². The molecule has 0 amide bonds. The third-order valence-corrected chi connectivity index (χ3v) is 3.78.